The minimum atomic E-state index is -0.639. The number of hydrogen-bond acceptors (Lipinski definition) is 2. The van der Waals surface area contributed by atoms with Gasteiger partial charge in [-0.05, 0) is 51.0 Å². The van der Waals surface area contributed by atoms with Gasteiger partial charge in [0.15, 0.2) is 0 Å². The van der Waals surface area contributed by atoms with Crippen molar-refractivity contribution in [1.82, 2.24) is 4.90 Å². The number of piperidine rings is 1. The van der Waals surface area contributed by atoms with Crippen molar-refractivity contribution >= 4 is 5.97 Å². The highest BCUT2D eigenvalue weighted by Crippen LogP contribution is 2.44. The van der Waals surface area contributed by atoms with Crippen LogP contribution in [0.3, 0.4) is 0 Å². The molecule has 114 valence electrons. The average molecular weight is 287 g/mol. The fourth-order valence-corrected chi connectivity index (χ4v) is 4.47. The molecule has 2 fully saturated rings. The number of aryl methyl sites for hydroxylation is 1. The summed E-state index contributed by atoms with van der Waals surface area (Å²) in [6.45, 7) is 4.45. The molecule has 2 heterocycles. The second-order valence-electron chi connectivity index (χ2n) is 6.86. The zero-order valence-electron chi connectivity index (χ0n) is 13.0. The Morgan fingerprint density at radius 2 is 2.00 bits per heavy atom. The monoisotopic (exact) mass is 287 g/mol. The molecule has 2 aliphatic rings. The number of nitrogens with zero attached hydrogens (tertiary/aromatic N) is 1. The Kier molecular flexibility index (Phi) is 4.03. The van der Waals surface area contributed by atoms with Gasteiger partial charge in [-0.3, -0.25) is 9.69 Å². The number of fused-ring (bicyclic) bond motifs is 2. The topological polar surface area (TPSA) is 40.5 Å². The number of carboxylic acid groups (broad SMARTS) is 1. The minimum absolute atomic E-state index is 0.347. The Labute approximate surface area is 127 Å². The first-order valence-corrected chi connectivity index (χ1v) is 8.10. The van der Waals surface area contributed by atoms with Crippen molar-refractivity contribution in [2.45, 2.75) is 64.1 Å². The Balaban J connectivity index is 1.74. The third-order valence-corrected chi connectivity index (χ3v) is 5.32. The lowest BCUT2D eigenvalue weighted by Crippen LogP contribution is -2.44. The molecule has 21 heavy (non-hydrogen) atoms. The summed E-state index contributed by atoms with van der Waals surface area (Å²) in [5, 5.41) is 9.03. The molecule has 0 aromatic heterocycles. The van der Waals surface area contributed by atoms with E-state index in [-0.39, 0.29) is 0 Å². The van der Waals surface area contributed by atoms with E-state index in [1.165, 1.54) is 24.0 Å². The van der Waals surface area contributed by atoms with Crippen LogP contribution in [-0.4, -0.2) is 28.1 Å². The van der Waals surface area contributed by atoms with Crippen molar-refractivity contribution in [3.05, 3.63) is 35.4 Å². The van der Waals surface area contributed by atoms with Gasteiger partial charge < -0.3 is 5.11 Å². The molecule has 0 aliphatic carbocycles. The molecule has 0 saturated carbocycles. The van der Waals surface area contributed by atoms with Gasteiger partial charge in [-0.2, -0.15) is 0 Å². The molecular formula is C18H25NO2. The number of rotatable bonds is 4. The molecule has 2 aliphatic heterocycles. The smallest absolute Gasteiger partial charge is 0.303 e. The predicted molar refractivity (Wildman–Crippen MR) is 83.2 cm³/mol. The van der Waals surface area contributed by atoms with Gasteiger partial charge in [0.1, 0.15) is 0 Å². The van der Waals surface area contributed by atoms with E-state index < -0.39 is 5.97 Å². The Bertz CT molecular complexity index is 514. The van der Waals surface area contributed by atoms with E-state index >= 15 is 0 Å². The number of aliphatic carboxylic acids is 1. The van der Waals surface area contributed by atoms with Gasteiger partial charge in [0.25, 0.3) is 0 Å². The summed E-state index contributed by atoms with van der Waals surface area (Å²) in [5.41, 5.74) is 2.70. The van der Waals surface area contributed by atoms with E-state index in [1.807, 2.05) is 0 Å². The summed E-state index contributed by atoms with van der Waals surface area (Å²) in [4.78, 5) is 13.6. The molecule has 2 saturated heterocycles. The second-order valence-corrected chi connectivity index (χ2v) is 6.86. The zero-order chi connectivity index (χ0) is 15.0. The van der Waals surface area contributed by atoms with Crippen molar-refractivity contribution < 1.29 is 9.90 Å². The second kappa shape index (κ2) is 5.80. The predicted octanol–water partition coefficient (Wildman–Crippen LogP) is 3.77. The summed E-state index contributed by atoms with van der Waals surface area (Å²) >= 11 is 0. The molecular weight excluding hydrogens is 262 g/mol. The summed E-state index contributed by atoms with van der Waals surface area (Å²) in [7, 11) is 0. The Morgan fingerprint density at radius 1 is 1.33 bits per heavy atom. The highest BCUT2D eigenvalue weighted by molar-refractivity contribution is 5.67. The first kappa shape index (κ1) is 14.6. The summed E-state index contributed by atoms with van der Waals surface area (Å²) in [6.07, 6.45) is 4.92. The van der Waals surface area contributed by atoms with E-state index in [2.05, 4.69) is 43.0 Å². The van der Waals surface area contributed by atoms with Crippen LogP contribution in [0.1, 0.15) is 56.2 Å². The maximum absolute atomic E-state index is 11.0. The fourth-order valence-electron chi connectivity index (χ4n) is 4.47. The molecule has 2 bridgehead atoms. The fraction of sp³-hybridized carbons (Fsp3) is 0.611. The number of hydrogen-bond donors (Lipinski definition) is 1. The van der Waals surface area contributed by atoms with E-state index in [0.717, 1.165) is 12.8 Å². The van der Waals surface area contributed by atoms with Crippen LogP contribution < -0.4 is 0 Å². The van der Waals surface area contributed by atoms with Crippen LogP contribution in [0.2, 0.25) is 0 Å². The minimum Gasteiger partial charge on any atom is -0.481 e. The van der Waals surface area contributed by atoms with Gasteiger partial charge >= 0.3 is 5.97 Å². The quantitative estimate of drug-likeness (QED) is 0.916. The van der Waals surface area contributed by atoms with Crippen LogP contribution >= 0.6 is 0 Å². The highest BCUT2D eigenvalue weighted by atomic mass is 16.4. The van der Waals surface area contributed by atoms with Gasteiger partial charge in [-0.25, -0.2) is 0 Å². The Hall–Kier alpha value is -1.35. The molecule has 1 aromatic carbocycles. The maximum atomic E-state index is 11.0. The largest absolute Gasteiger partial charge is 0.481 e. The van der Waals surface area contributed by atoms with Gasteiger partial charge in [0, 0.05) is 24.5 Å². The van der Waals surface area contributed by atoms with E-state index in [0.29, 0.717) is 30.5 Å². The lowest BCUT2D eigenvalue weighted by molar-refractivity contribution is -0.138. The van der Waals surface area contributed by atoms with Crippen LogP contribution in [0, 0.1) is 12.8 Å². The van der Waals surface area contributed by atoms with Crippen molar-refractivity contribution in [3.63, 3.8) is 0 Å². The van der Waals surface area contributed by atoms with Crippen molar-refractivity contribution in [2.75, 3.05) is 0 Å². The van der Waals surface area contributed by atoms with Crippen LogP contribution in [0.5, 0.6) is 0 Å². The van der Waals surface area contributed by atoms with E-state index in [4.69, 9.17) is 5.11 Å². The van der Waals surface area contributed by atoms with Crippen LogP contribution in [0.15, 0.2) is 24.3 Å². The van der Waals surface area contributed by atoms with Gasteiger partial charge in [0.2, 0.25) is 0 Å². The van der Waals surface area contributed by atoms with Gasteiger partial charge in [-0.15, -0.1) is 0 Å². The molecule has 3 rings (SSSR count). The van der Waals surface area contributed by atoms with Crippen LogP contribution in [-0.2, 0) is 4.79 Å². The molecule has 1 aromatic rings. The van der Waals surface area contributed by atoms with E-state index in [1.54, 1.807) is 0 Å². The highest BCUT2D eigenvalue weighted by Gasteiger charge is 2.43. The van der Waals surface area contributed by atoms with Gasteiger partial charge in [-0.1, -0.05) is 29.8 Å². The number of benzene rings is 1. The first-order chi connectivity index (χ1) is 10.0. The standard InChI is InChI=1S/C18H25NO2/c1-12-4-3-5-15(8-12)13(2)19-16-6-7-17(19)10-14(9-16)11-18(20)21/h3-5,8,13-14,16-17H,6-7,9-11H2,1-2H3,(H,20,21). The molecule has 1 N–H and O–H groups in total. The first-order valence-electron chi connectivity index (χ1n) is 8.10. The molecule has 0 spiro atoms. The third-order valence-electron chi connectivity index (χ3n) is 5.32. The molecule has 3 atom stereocenters. The molecule has 3 unspecified atom stereocenters. The van der Waals surface area contributed by atoms with Crippen molar-refractivity contribution in [2.24, 2.45) is 5.92 Å². The molecule has 0 radical (unpaired) electrons. The summed E-state index contributed by atoms with van der Waals surface area (Å²) < 4.78 is 0. The zero-order valence-corrected chi connectivity index (χ0v) is 13.0. The number of carbonyl (C=O) groups is 1. The number of carboxylic acids is 1. The lowest BCUT2D eigenvalue weighted by atomic mass is 9.86. The average Bonchev–Trinajstić information content (AvgIpc) is 2.69. The normalized spacial score (nSPS) is 30.3. The molecule has 3 heteroatoms. The van der Waals surface area contributed by atoms with Crippen LogP contribution in [0.4, 0.5) is 0 Å². The van der Waals surface area contributed by atoms with Gasteiger partial charge in [0.05, 0.1) is 0 Å². The molecule has 0 amide bonds. The lowest BCUT2D eigenvalue weighted by Gasteiger charge is -2.42. The summed E-state index contributed by atoms with van der Waals surface area (Å²) in [5.74, 6) is -0.263. The van der Waals surface area contributed by atoms with Crippen LogP contribution in [0.25, 0.3) is 0 Å². The van der Waals surface area contributed by atoms with Crippen molar-refractivity contribution in [1.29, 1.82) is 0 Å². The van der Waals surface area contributed by atoms with E-state index in [9.17, 15) is 4.79 Å². The Morgan fingerprint density at radius 3 is 2.57 bits per heavy atom. The third kappa shape index (κ3) is 2.98. The summed E-state index contributed by atoms with van der Waals surface area (Å²) in [6, 6.07) is 10.4. The SMILES string of the molecule is Cc1cccc(C(C)N2C3CCC2CC(CC(=O)O)C3)c1. The van der Waals surface area contributed by atoms with Crippen molar-refractivity contribution in [3.8, 4) is 0 Å². The molecule has 3 nitrogen and oxygen atoms in total. The maximum Gasteiger partial charge on any atom is 0.303 e.